The Morgan fingerprint density at radius 1 is 0.921 bits per heavy atom. The Bertz CT molecular complexity index is 1450. The zero-order valence-electron chi connectivity index (χ0n) is 21.9. The minimum Gasteiger partial charge on any atom is -0.464 e. The third-order valence-electron chi connectivity index (χ3n) is 6.45. The molecule has 2 atom stereocenters. The molecule has 0 saturated carbocycles. The second-order valence-corrected chi connectivity index (χ2v) is 10.0. The first-order valence-electron chi connectivity index (χ1n) is 12.7. The number of H-pyrrole nitrogens is 1. The summed E-state index contributed by atoms with van der Waals surface area (Å²) < 4.78 is 5.28. The third-order valence-corrected chi connectivity index (χ3v) is 6.45. The molecule has 3 aromatic carbocycles. The molecule has 4 aromatic rings. The van der Waals surface area contributed by atoms with Gasteiger partial charge in [0.2, 0.25) is 11.8 Å². The maximum atomic E-state index is 13.6. The van der Waals surface area contributed by atoms with Crippen LogP contribution in [0.5, 0.6) is 0 Å². The van der Waals surface area contributed by atoms with Crippen LogP contribution in [0.2, 0.25) is 0 Å². The minimum atomic E-state index is -1.19. The van der Waals surface area contributed by atoms with E-state index in [0.717, 1.165) is 32.8 Å². The van der Waals surface area contributed by atoms with Gasteiger partial charge in [-0.25, -0.2) is 4.79 Å². The van der Waals surface area contributed by atoms with Gasteiger partial charge in [-0.05, 0) is 48.7 Å². The molecule has 0 bridgehead atoms. The highest BCUT2D eigenvalue weighted by atomic mass is 16.5. The van der Waals surface area contributed by atoms with E-state index in [4.69, 9.17) is 10.5 Å². The van der Waals surface area contributed by atoms with E-state index in [-0.39, 0.29) is 19.4 Å². The summed E-state index contributed by atoms with van der Waals surface area (Å²) in [4.78, 5) is 42.5. The Morgan fingerprint density at radius 3 is 2.37 bits per heavy atom. The fourth-order valence-electron chi connectivity index (χ4n) is 4.38. The molecule has 8 heteroatoms. The SMILES string of the molecule is CCOC(=O)[C@H](Cc1ccc2ccccc2c1)NC(=O)[C@@H](Cc1c[nH]c2ccccc12)NC(=O)C(C)(C)N. The predicted octanol–water partition coefficient (Wildman–Crippen LogP) is 3.38. The van der Waals surface area contributed by atoms with Gasteiger partial charge in [0, 0.05) is 29.9 Å². The average Bonchev–Trinajstić information content (AvgIpc) is 3.30. The van der Waals surface area contributed by atoms with Gasteiger partial charge in [-0.2, -0.15) is 0 Å². The largest absolute Gasteiger partial charge is 0.464 e. The van der Waals surface area contributed by atoms with Crippen molar-refractivity contribution < 1.29 is 19.1 Å². The minimum absolute atomic E-state index is 0.180. The molecule has 8 nitrogen and oxygen atoms in total. The lowest BCUT2D eigenvalue weighted by molar-refractivity contribution is -0.147. The highest BCUT2D eigenvalue weighted by Gasteiger charge is 2.31. The van der Waals surface area contributed by atoms with Gasteiger partial charge >= 0.3 is 5.97 Å². The Kier molecular flexibility index (Phi) is 8.12. The summed E-state index contributed by atoms with van der Waals surface area (Å²) in [6.07, 6.45) is 2.28. The molecule has 0 spiro atoms. The molecule has 5 N–H and O–H groups in total. The van der Waals surface area contributed by atoms with Gasteiger partial charge in [-0.15, -0.1) is 0 Å². The fraction of sp³-hybridized carbons (Fsp3) is 0.300. The standard InChI is InChI=1S/C30H34N4O4/c1-4-38-28(36)26(16-19-13-14-20-9-5-6-10-21(20)15-19)33-27(35)25(34-29(37)30(2,3)31)17-22-18-32-24-12-8-7-11-23(22)24/h5-15,18,25-26,32H,4,16-17,31H2,1-3H3,(H,33,35)(H,34,37)/t25-,26+/m1/s1. The lowest BCUT2D eigenvalue weighted by Crippen LogP contribution is -2.58. The van der Waals surface area contributed by atoms with Crippen molar-refractivity contribution in [3.8, 4) is 0 Å². The smallest absolute Gasteiger partial charge is 0.328 e. The second kappa shape index (κ2) is 11.5. The first kappa shape index (κ1) is 26.9. The number of amides is 2. The van der Waals surface area contributed by atoms with Gasteiger partial charge in [-0.1, -0.05) is 60.7 Å². The molecule has 0 saturated heterocycles. The number of nitrogens with one attached hydrogen (secondary N) is 3. The van der Waals surface area contributed by atoms with Crippen LogP contribution < -0.4 is 16.4 Å². The number of rotatable bonds is 10. The molecule has 0 aliphatic heterocycles. The Balaban J connectivity index is 1.59. The highest BCUT2D eigenvalue weighted by Crippen LogP contribution is 2.20. The third kappa shape index (κ3) is 6.39. The number of benzene rings is 3. The van der Waals surface area contributed by atoms with Crippen molar-refractivity contribution in [1.29, 1.82) is 0 Å². The van der Waals surface area contributed by atoms with Crippen LogP contribution in [0.1, 0.15) is 31.9 Å². The summed E-state index contributed by atoms with van der Waals surface area (Å²) in [6.45, 7) is 5.05. The lowest BCUT2D eigenvalue weighted by Gasteiger charge is -2.26. The van der Waals surface area contributed by atoms with E-state index in [1.165, 1.54) is 0 Å². The van der Waals surface area contributed by atoms with Gasteiger partial charge in [0.05, 0.1) is 12.1 Å². The monoisotopic (exact) mass is 514 g/mol. The first-order valence-corrected chi connectivity index (χ1v) is 12.7. The quantitative estimate of drug-likeness (QED) is 0.241. The number of aromatic nitrogens is 1. The van der Waals surface area contributed by atoms with Crippen molar-refractivity contribution in [2.75, 3.05) is 6.61 Å². The van der Waals surface area contributed by atoms with Crippen LogP contribution in [-0.2, 0) is 32.0 Å². The van der Waals surface area contributed by atoms with Crippen LogP contribution >= 0.6 is 0 Å². The van der Waals surface area contributed by atoms with Crippen LogP contribution in [0.25, 0.3) is 21.7 Å². The van der Waals surface area contributed by atoms with Crippen LogP contribution in [0.3, 0.4) is 0 Å². The Morgan fingerprint density at radius 2 is 1.63 bits per heavy atom. The van der Waals surface area contributed by atoms with E-state index in [9.17, 15) is 14.4 Å². The number of esters is 1. The molecule has 0 aliphatic carbocycles. The van der Waals surface area contributed by atoms with Crippen molar-refractivity contribution in [3.63, 3.8) is 0 Å². The van der Waals surface area contributed by atoms with Crippen LogP contribution in [0.15, 0.2) is 72.9 Å². The normalized spacial score (nSPS) is 13.2. The van der Waals surface area contributed by atoms with Crippen molar-refractivity contribution in [3.05, 3.63) is 84.1 Å². The molecular weight excluding hydrogens is 480 g/mol. The number of ether oxygens (including phenoxy) is 1. The number of carbonyl (C=O) groups excluding carboxylic acids is 3. The lowest BCUT2D eigenvalue weighted by atomic mass is 9.99. The van der Waals surface area contributed by atoms with E-state index in [0.29, 0.717) is 0 Å². The van der Waals surface area contributed by atoms with Crippen LogP contribution in [0.4, 0.5) is 0 Å². The van der Waals surface area contributed by atoms with Gasteiger partial charge in [-0.3, -0.25) is 9.59 Å². The molecule has 1 heterocycles. The van der Waals surface area contributed by atoms with Crippen molar-refractivity contribution >= 4 is 39.5 Å². The van der Waals surface area contributed by atoms with Crippen molar-refractivity contribution in [1.82, 2.24) is 15.6 Å². The summed E-state index contributed by atoms with van der Waals surface area (Å²) in [7, 11) is 0. The maximum Gasteiger partial charge on any atom is 0.328 e. The molecule has 0 unspecified atom stereocenters. The number of nitrogens with two attached hydrogens (primary N) is 1. The Hall–Kier alpha value is -4.17. The molecular formula is C30H34N4O4. The van der Waals surface area contributed by atoms with Gasteiger partial charge in [0.1, 0.15) is 12.1 Å². The summed E-state index contributed by atoms with van der Waals surface area (Å²) in [5.74, 6) is -1.50. The van der Waals surface area contributed by atoms with Crippen molar-refractivity contribution in [2.45, 2.75) is 51.2 Å². The number of para-hydroxylation sites is 1. The summed E-state index contributed by atoms with van der Waals surface area (Å²) in [6, 6.07) is 19.7. The molecule has 0 aliphatic rings. The number of hydrogen-bond acceptors (Lipinski definition) is 5. The summed E-state index contributed by atoms with van der Waals surface area (Å²) in [5.41, 5.74) is 7.47. The molecule has 4 rings (SSSR count). The molecule has 198 valence electrons. The topological polar surface area (TPSA) is 126 Å². The van der Waals surface area contributed by atoms with Gasteiger partial charge in [0.25, 0.3) is 0 Å². The van der Waals surface area contributed by atoms with E-state index in [2.05, 4.69) is 15.6 Å². The number of carbonyl (C=O) groups is 3. The number of aromatic amines is 1. The molecule has 1 aromatic heterocycles. The molecule has 38 heavy (non-hydrogen) atoms. The van der Waals surface area contributed by atoms with Gasteiger partial charge in [0.15, 0.2) is 0 Å². The first-order chi connectivity index (χ1) is 18.2. The fourth-order valence-corrected chi connectivity index (χ4v) is 4.38. The van der Waals surface area contributed by atoms with E-state index < -0.39 is 35.4 Å². The number of fused-ring (bicyclic) bond motifs is 2. The van der Waals surface area contributed by atoms with E-state index in [1.54, 1.807) is 20.8 Å². The van der Waals surface area contributed by atoms with Gasteiger partial charge < -0.3 is 26.1 Å². The molecule has 0 fully saturated rings. The zero-order valence-corrected chi connectivity index (χ0v) is 21.9. The molecule has 2 amide bonds. The van der Waals surface area contributed by atoms with E-state index >= 15 is 0 Å². The second-order valence-electron chi connectivity index (χ2n) is 10.0. The van der Waals surface area contributed by atoms with Crippen molar-refractivity contribution in [2.24, 2.45) is 5.73 Å². The Labute approximate surface area is 221 Å². The van der Waals surface area contributed by atoms with E-state index in [1.807, 2.05) is 72.9 Å². The van der Waals surface area contributed by atoms with Crippen LogP contribution in [-0.4, -0.2) is 47.0 Å². The van der Waals surface area contributed by atoms with Crippen LogP contribution in [0, 0.1) is 0 Å². The zero-order chi connectivity index (χ0) is 27.3. The maximum absolute atomic E-state index is 13.6. The molecule has 0 radical (unpaired) electrons. The highest BCUT2D eigenvalue weighted by molar-refractivity contribution is 5.94. The number of hydrogen-bond donors (Lipinski definition) is 4. The average molecular weight is 515 g/mol. The predicted molar refractivity (Wildman–Crippen MR) is 148 cm³/mol. The summed E-state index contributed by atoms with van der Waals surface area (Å²) >= 11 is 0. The summed E-state index contributed by atoms with van der Waals surface area (Å²) in [5, 5.41) is 8.69.